The summed E-state index contributed by atoms with van der Waals surface area (Å²) >= 11 is 0. The molecule has 0 aliphatic heterocycles. The molecule has 214 valence electrons. The van der Waals surface area contributed by atoms with Crippen LogP contribution >= 0.6 is 0 Å². The molecule has 1 aliphatic carbocycles. The Hall–Kier alpha value is -3.48. The molecule has 40 heavy (non-hydrogen) atoms. The Morgan fingerprint density at radius 1 is 0.775 bits per heavy atom. The maximum absolute atomic E-state index is 15.0. The van der Waals surface area contributed by atoms with E-state index in [-0.39, 0.29) is 17.3 Å². The minimum atomic E-state index is -1.23. The Morgan fingerprint density at radius 2 is 1.40 bits per heavy atom. The third-order valence-electron chi connectivity index (χ3n) is 7.36. The number of hydrogen-bond acceptors (Lipinski definition) is 4. The topological polar surface area (TPSA) is 44.8 Å². The first-order chi connectivity index (χ1) is 19.4. The Kier molecular flexibility index (Phi) is 10.5. The molecule has 1 aliphatic rings. The molecule has 4 rings (SSSR count). The van der Waals surface area contributed by atoms with Gasteiger partial charge in [0.05, 0.1) is 18.8 Å². The smallest absolute Gasteiger partial charge is 0.341 e. The number of rotatable bonds is 12. The Bertz CT molecular complexity index is 1270. The molecule has 3 aromatic carbocycles. The van der Waals surface area contributed by atoms with E-state index >= 15 is 0 Å². The van der Waals surface area contributed by atoms with Gasteiger partial charge in [0.25, 0.3) is 0 Å². The van der Waals surface area contributed by atoms with Gasteiger partial charge in [-0.3, -0.25) is 0 Å². The lowest BCUT2D eigenvalue weighted by Gasteiger charge is -2.29. The van der Waals surface area contributed by atoms with Crippen molar-refractivity contribution in [2.45, 2.75) is 77.2 Å². The molecule has 0 radical (unpaired) electrons. The van der Waals surface area contributed by atoms with Crippen molar-refractivity contribution in [1.29, 1.82) is 0 Å². The van der Waals surface area contributed by atoms with Crippen molar-refractivity contribution in [3.05, 3.63) is 83.2 Å². The van der Waals surface area contributed by atoms with Crippen LogP contribution < -0.4 is 9.47 Å². The fourth-order valence-corrected chi connectivity index (χ4v) is 4.96. The molecule has 0 atom stereocenters. The Balaban J connectivity index is 1.33. The number of unbranched alkanes of at least 4 members (excludes halogenated alkanes) is 2. The fraction of sp³-hybridized carbons (Fsp3) is 0.424. The lowest BCUT2D eigenvalue weighted by Crippen LogP contribution is -2.25. The van der Waals surface area contributed by atoms with Crippen molar-refractivity contribution in [3.8, 4) is 22.6 Å². The lowest BCUT2D eigenvalue weighted by atomic mass is 9.82. The molecule has 0 saturated heterocycles. The average Bonchev–Trinajstić information content (AvgIpc) is 2.96. The van der Waals surface area contributed by atoms with Gasteiger partial charge in [0.2, 0.25) is 0 Å². The van der Waals surface area contributed by atoms with E-state index in [9.17, 15) is 18.0 Å². The zero-order valence-electron chi connectivity index (χ0n) is 23.2. The Labute approximate surface area is 234 Å². The summed E-state index contributed by atoms with van der Waals surface area (Å²) in [6.07, 6.45) is 5.70. The summed E-state index contributed by atoms with van der Waals surface area (Å²) in [7, 11) is 0. The average molecular weight is 555 g/mol. The maximum atomic E-state index is 15.0. The van der Waals surface area contributed by atoms with Gasteiger partial charge in [-0.1, -0.05) is 51.0 Å². The molecule has 3 aromatic rings. The molecule has 0 aromatic heterocycles. The van der Waals surface area contributed by atoms with E-state index in [0.717, 1.165) is 25.7 Å². The first-order valence-corrected chi connectivity index (χ1v) is 14.3. The van der Waals surface area contributed by atoms with Gasteiger partial charge in [0, 0.05) is 11.6 Å². The van der Waals surface area contributed by atoms with Gasteiger partial charge in [-0.2, -0.15) is 0 Å². The van der Waals surface area contributed by atoms with Crippen LogP contribution in [0.25, 0.3) is 11.1 Å². The standard InChI is InChI=1S/C33H37F3O4/c1-3-5-19-38-24-11-7-23(8-12-24)28-17-18-29(32(36)31(28)35)33(37)40-25-13-9-22(10-14-25)27-16-15-26(21-30(27)34)39-20-6-4-2/h7-8,11-12,15-18,21-22,25H,3-6,9-10,13-14,19-20H2,1-2H3. The largest absolute Gasteiger partial charge is 0.494 e. The highest BCUT2D eigenvalue weighted by Crippen LogP contribution is 2.37. The molecule has 0 bridgehead atoms. The molecule has 0 N–H and O–H groups in total. The summed E-state index contributed by atoms with van der Waals surface area (Å²) in [5.74, 6) is -2.36. The van der Waals surface area contributed by atoms with E-state index in [4.69, 9.17) is 14.2 Å². The van der Waals surface area contributed by atoms with E-state index in [0.29, 0.717) is 61.5 Å². The number of ether oxygens (including phenoxy) is 3. The quantitative estimate of drug-likeness (QED) is 0.166. The van der Waals surface area contributed by atoms with Gasteiger partial charge in [-0.05, 0) is 79.8 Å². The van der Waals surface area contributed by atoms with Crippen LogP contribution in [0.5, 0.6) is 11.5 Å². The van der Waals surface area contributed by atoms with Crippen LogP contribution in [0.1, 0.15) is 87.1 Å². The number of hydrogen-bond donors (Lipinski definition) is 0. The normalized spacial score (nSPS) is 16.9. The molecule has 0 heterocycles. The molecule has 0 unspecified atom stereocenters. The van der Waals surface area contributed by atoms with Crippen molar-refractivity contribution < 1.29 is 32.2 Å². The number of carbonyl (C=O) groups is 1. The third-order valence-corrected chi connectivity index (χ3v) is 7.36. The number of esters is 1. The molecule has 1 saturated carbocycles. The van der Waals surface area contributed by atoms with Crippen LogP contribution in [0, 0.1) is 17.5 Å². The molecular weight excluding hydrogens is 517 g/mol. The van der Waals surface area contributed by atoms with Crippen molar-refractivity contribution in [2.24, 2.45) is 0 Å². The summed E-state index contributed by atoms with van der Waals surface area (Å²) in [5, 5.41) is 0. The summed E-state index contributed by atoms with van der Waals surface area (Å²) in [6.45, 7) is 5.29. The van der Waals surface area contributed by atoms with Crippen molar-refractivity contribution in [3.63, 3.8) is 0 Å². The van der Waals surface area contributed by atoms with Crippen LogP contribution in [0.4, 0.5) is 13.2 Å². The highest BCUT2D eigenvalue weighted by Gasteiger charge is 2.29. The van der Waals surface area contributed by atoms with Gasteiger partial charge < -0.3 is 14.2 Å². The van der Waals surface area contributed by atoms with E-state index in [1.807, 2.05) is 0 Å². The predicted molar refractivity (Wildman–Crippen MR) is 149 cm³/mol. The zero-order valence-corrected chi connectivity index (χ0v) is 23.2. The number of benzene rings is 3. The summed E-state index contributed by atoms with van der Waals surface area (Å²) in [5.41, 5.74) is 0.716. The van der Waals surface area contributed by atoms with Gasteiger partial charge in [-0.15, -0.1) is 0 Å². The van der Waals surface area contributed by atoms with Gasteiger partial charge in [0.1, 0.15) is 23.4 Å². The summed E-state index contributed by atoms with van der Waals surface area (Å²) < 4.78 is 61.4. The van der Waals surface area contributed by atoms with Gasteiger partial charge in [-0.25, -0.2) is 18.0 Å². The highest BCUT2D eigenvalue weighted by atomic mass is 19.2. The summed E-state index contributed by atoms with van der Waals surface area (Å²) in [4.78, 5) is 12.7. The minimum Gasteiger partial charge on any atom is -0.494 e. The van der Waals surface area contributed by atoms with Crippen molar-refractivity contribution in [2.75, 3.05) is 13.2 Å². The van der Waals surface area contributed by atoms with Gasteiger partial charge in [0.15, 0.2) is 11.6 Å². The second-order valence-corrected chi connectivity index (χ2v) is 10.3. The SMILES string of the molecule is CCCCOc1ccc(-c2ccc(C(=O)OC3CCC(c4ccc(OCCCC)cc4F)CC3)c(F)c2F)cc1. The van der Waals surface area contributed by atoms with Crippen LogP contribution in [-0.2, 0) is 4.74 Å². The second kappa shape index (κ2) is 14.2. The molecular formula is C33H37F3O4. The second-order valence-electron chi connectivity index (χ2n) is 10.3. The number of halogens is 3. The van der Waals surface area contributed by atoms with E-state index < -0.39 is 29.3 Å². The third kappa shape index (κ3) is 7.38. The molecule has 0 amide bonds. The van der Waals surface area contributed by atoms with Crippen LogP contribution in [0.3, 0.4) is 0 Å². The maximum Gasteiger partial charge on any atom is 0.341 e. The van der Waals surface area contributed by atoms with E-state index in [2.05, 4.69) is 13.8 Å². The zero-order chi connectivity index (χ0) is 28.5. The fourth-order valence-electron chi connectivity index (χ4n) is 4.96. The lowest BCUT2D eigenvalue weighted by molar-refractivity contribution is 0.0188. The van der Waals surface area contributed by atoms with Gasteiger partial charge >= 0.3 is 5.97 Å². The first-order valence-electron chi connectivity index (χ1n) is 14.3. The monoisotopic (exact) mass is 554 g/mol. The van der Waals surface area contributed by atoms with Crippen molar-refractivity contribution in [1.82, 2.24) is 0 Å². The minimum absolute atomic E-state index is 0.00320. The van der Waals surface area contributed by atoms with E-state index in [1.54, 1.807) is 36.4 Å². The first kappa shape index (κ1) is 29.5. The Morgan fingerprint density at radius 3 is 2.02 bits per heavy atom. The van der Waals surface area contributed by atoms with Crippen LogP contribution in [0.15, 0.2) is 54.6 Å². The highest BCUT2D eigenvalue weighted by molar-refractivity contribution is 5.90. The summed E-state index contributed by atoms with van der Waals surface area (Å²) in [6, 6.07) is 14.4. The predicted octanol–water partition coefficient (Wildman–Crippen LogP) is 9.01. The van der Waals surface area contributed by atoms with Crippen LogP contribution in [0.2, 0.25) is 0 Å². The molecule has 4 nitrogen and oxygen atoms in total. The molecule has 7 heteroatoms. The number of carbonyl (C=O) groups excluding carboxylic acids is 1. The molecule has 0 spiro atoms. The molecule has 1 fully saturated rings. The van der Waals surface area contributed by atoms with Crippen LogP contribution in [-0.4, -0.2) is 25.3 Å². The van der Waals surface area contributed by atoms with Crippen molar-refractivity contribution >= 4 is 5.97 Å². The van der Waals surface area contributed by atoms with E-state index in [1.165, 1.54) is 18.2 Å².